The predicted molar refractivity (Wildman–Crippen MR) is 87.1 cm³/mol. The van der Waals surface area contributed by atoms with Gasteiger partial charge in [-0.3, -0.25) is 9.69 Å². The minimum Gasteiger partial charge on any atom is -0.396 e. The lowest BCUT2D eigenvalue weighted by Gasteiger charge is -2.37. The van der Waals surface area contributed by atoms with E-state index in [9.17, 15) is 4.79 Å². The molecule has 0 aromatic heterocycles. The van der Waals surface area contributed by atoms with Crippen molar-refractivity contribution in [2.24, 2.45) is 11.7 Å². The van der Waals surface area contributed by atoms with Crippen molar-refractivity contribution in [2.75, 3.05) is 26.2 Å². The molecule has 5 heteroatoms. The summed E-state index contributed by atoms with van der Waals surface area (Å²) in [5, 5.41) is 12.6. The third-order valence-corrected chi connectivity index (χ3v) is 4.20. The van der Waals surface area contributed by atoms with Crippen molar-refractivity contribution >= 4 is 5.91 Å². The smallest absolute Gasteiger partial charge is 0.231 e. The molecule has 2 rings (SSSR count). The first-order valence-corrected chi connectivity index (χ1v) is 8.06. The normalized spacial score (nSPS) is 22.6. The average Bonchev–Trinajstić information content (AvgIpc) is 2.51. The van der Waals surface area contributed by atoms with E-state index < -0.39 is 0 Å². The number of benzene rings is 1. The second-order valence-electron chi connectivity index (χ2n) is 6.19. The maximum atomic E-state index is 11.2. The number of carbonyl (C=O) groups is 1. The number of nitrogens with one attached hydrogen (secondary N) is 1. The summed E-state index contributed by atoms with van der Waals surface area (Å²) in [6.45, 7) is 3.13. The summed E-state index contributed by atoms with van der Waals surface area (Å²) in [5.41, 5.74) is 6.60. The Hall–Kier alpha value is -1.43. The molecule has 1 fully saturated rings. The number of rotatable bonds is 8. The summed E-state index contributed by atoms with van der Waals surface area (Å²) in [5.74, 6) is 0.234. The van der Waals surface area contributed by atoms with Crippen molar-refractivity contribution in [3.8, 4) is 0 Å². The molecule has 1 aliphatic heterocycles. The Morgan fingerprint density at radius 1 is 1.32 bits per heavy atom. The molecule has 5 nitrogen and oxygen atoms in total. The second-order valence-corrected chi connectivity index (χ2v) is 6.19. The Balaban J connectivity index is 1.88. The summed E-state index contributed by atoms with van der Waals surface area (Å²) in [7, 11) is 0. The number of primary amides is 1. The van der Waals surface area contributed by atoms with Crippen LogP contribution in [0.15, 0.2) is 30.3 Å². The second kappa shape index (κ2) is 8.88. The maximum Gasteiger partial charge on any atom is 0.231 e. The predicted octanol–water partition coefficient (Wildman–Crippen LogP) is 0.725. The summed E-state index contributed by atoms with van der Waals surface area (Å²) >= 11 is 0. The molecule has 1 aromatic rings. The highest BCUT2D eigenvalue weighted by Crippen LogP contribution is 2.21. The molecule has 1 amide bonds. The number of hydrogen-bond acceptors (Lipinski definition) is 4. The minimum atomic E-state index is -0.274. The quantitative estimate of drug-likeness (QED) is 0.661. The largest absolute Gasteiger partial charge is 0.396 e. The number of likely N-dealkylation sites (tertiary alicyclic amines) is 1. The van der Waals surface area contributed by atoms with Crippen LogP contribution < -0.4 is 11.1 Å². The molecule has 1 aromatic carbocycles. The third kappa shape index (κ3) is 5.75. The summed E-state index contributed by atoms with van der Waals surface area (Å²) < 4.78 is 0. The van der Waals surface area contributed by atoms with Gasteiger partial charge in [0.2, 0.25) is 5.91 Å². The van der Waals surface area contributed by atoms with E-state index >= 15 is 0 Å². The van der Waals surface area contributed by atoms with Crippen LogP contribution in [0.3, 0.4) is 0 Å². The van der Waals surface area contributed by atoms with Crippen LogP contribution >= 0.6 is 0 Å². The lowest BCUT2D eigenvalue weighted by atomic mass is 9.90. The van der Waals surface area contributed by atoms with Gasteiger partial charge in [0.15, 0.2) is 0 Å². The van der Waals surface area contributed by atoms with Crippen LogP contribution in [0.2, 0.25) is 0 Å². The van der Waals surface area contributed by atoms with Crippen molar-refractivity contribution in [1.29, 1.82) is 0 Å². The molecular formula is C17H27N3O2. The van der Waals surface area contributed by atoms with Crippen LogP contribution in [0.5, 0.6) is 0 Å². The summed E-state index contributed by atoms with van der Waals surface area (Å²) in [4.78, 5) is 13.3. The van der Waals surface area contributed by atoms with Gasteiger partial charge in [-0.25, -0.2) is 0 Å². The van der Waals surface area contributed by atoms with Crippen LogP contribution in [0.25, 0.3) is 0 Å². The zero-order valence-electron chi connectivity index (χ0n) is 13.1. The van der Waals surface area contributed by atoms with E-state index in [-0.39, 0.29) is 12.5 Å². The number of piperidine rings is 1. The zero-order valence-corrected chi connectivity index (χ0v) is 13.1. The standard InChI is InChI=1S/C17H27N3O2/c18-17(22)13-20-11-15(7-4-8-21)9-16(12-20)19-10-14-5-2-1-3-6-14/h1-3,5-6,15-16,19,21H,4,7-13H2,(H2,18,22). The van der Waals surface area contributed by atoms with Gasteiger partial charge in [0.1, 0.15) is 0 Å². The fourth-order valence-electron chi connectivity index (χ4n) is 3.25. The maximum absolute atomic E-state index is 11.2. The molecule has 0 saturated carbocycles. The fourth-order valence-corrected chi connectivity index (χ4v) is 3.25. The lowest BCUT2D eigenvalue weighted by Crippen LogP contribution is -2.51. The van der Waals surface area contributed by atoms with Crippen LogP contribution in [0, 0.1) is 5.92 Å². The highest BCUT2D eigenvalue weighted by molar-refractivity contribution is 5.75. The Bertz CT molecular complexity index is 452. The van der Waals surface area contributed by atoms with Crippen LogP contribution in [0.1, 0.15) is 24.8 Å². The van der Waals surface area contributed by atoms with Crippen molar-refractivity contribution in [2.45, 2.75) is 31.8 Å². The van der Waals surface area contributed by atoms with Crippen molar-refractivity contribution in [1.82, 2.24) is 10.2 Å². The number of nitrogens with zero attached hydrogens (tertiary/aromatic N) is 1. The molecule has 1 aliphatic rings. The zero-order chi connectivity index (χ0) is 15.8. The fraction of sp³-hybridized carbons (Fsp3) is 0.588. The van der Waals surface area contributed by atoms with Crippen molar-refractivity contribution in [3.63, 3.8) is 0 Å². The van der Waals surface area contributed by atoms with E-state index in [2.05, 4.69) is 22.3 Å². The first-order valence-electron chi connectivity index (χ1n) is 8.06. The molecular weight excluding hydrogens is 278 g/mol. The molecule has 0 radical (unpaired) electrons. The SMILES string of the molecule is NC(=O)CN1CC(CCCO)CC(NCc2ccccc2)C1. The van der Waals surface area contributed by atoms with Gasteiger partial charge in [-0.15, -0.1) is 0 Å². The highest BCUT2D eigenvalue weighted by Gasteiger charge is 2.27. The number of amides is 1. The first kappa shape index (κ1) is 16.9. The minimum absolute atomic E-state index is 0.231. The average molecular weight is 305 g/mol. The number of hydrogen-bond donors (Lipinski definition) is 3. The molecule has 22 heavy (non-hydrogen) atoms. The van der Waals surface area contributed by atoms with Gasteiger partial charge >= 0.3 is 0 Å². The summed E-state index contributed by atoms with van der Waals surface area (Å²) in [6.07, 6.45) is 2.90. The van der Waals surface area contributed by atoms with Crippen LogP contribution in [-0.2, 0) is 11.3 Å². The van der Waals surface area contributed by atoms with Crippen LogP contribution in [-0.4, -0.2) is 48.2 Å². The topological polar surface area (TPSA) is 78.6 Å². The number of carbonyl (C=O) groups excluding carboxylic acids is 1. The first-order chi connectivity index (χ1) is 10.7. The Morgan fingerprint density at radius 3 is 2.77 bits per heavy atom. The van der Waals surface area contributed by atoms with Gasteiger partial charge in [-0.1, -0.05) is 30.3 Å². The van der Waals surface area contributed by atoms with E-state index in [1.807, 2.05) is 18.2 Å². The molecule has 0 bridgehead atoms. The van der Waals surface area contributed by atoms with E-state index in [1.54, 1.807) is 0 Å². The van der Waals surface area contributed by atoms with Gasteiger partial charge in [-0.05, 0) is 30.7 Å². The van der Waals surface area contributed by atoms with Gasteiger partial charge in [0, 0.05) is 32.3 Å². The Labute approximate surface area is 132 Å². The van der Waals surface area contributed by atoms with Crippen LogP contribution in [0.4, 0.5) is 0 Å². The molecule has 4 N–H and O–H groups in total. The van der Waals surface area contributed by atoms with Gasteiger partial charge in [-0.2, -0.15) is 0 Å². The van der Waals surface area contributed by atoms with E-state index in [0.717, 1.165) is 38.9 Å². The molecule has 2 unspecified atom stereocenters. The number of nitrogens with two attached hydrogens (primary N) is 1. The van der Waals surface area contributed by atoms with Crippen molar-refractivity contribution < 1.29 is 9.90 Å². The lowest BCUT2D eigenvalue weighted by molar-refractivity contribution is -0.119. The van der Waals surface area contributed by atoms with E-state index in [4.69, 9.17) is 10.8 Å². The third-order valence-electron chi connectivity index (χ3n) is 4.20. The molecule has 0 aliphatic carbocycles. The van der Waals surface area contributed by atoms with Gasteiger partial charge in [0.25, 0.3) is 0 Å². The van der Waals surface area contributed by atoms with E-state index in [1.165, 1.54) is 5.56 Å². The Kier molecular flexibility index (Phi) is 6.83. The molecule has 2 atom stereocenters. The van der Waals surface area contributed by atoms with Crippen molar-refractivity contribution in [3.05, 3.63) is 35.9 Å². The Morgan fingerprint density at radius 2 is 2.09 bits per heavy atom. The van der Waals surface area contributed by atoms with Gasteiger partial charge in [0.05, 0.1) is 6.54 Å². The molecule has 122 valence electrons. The summed E-state index contributed by atoms with van der Waals surface area (Å²) in [6, 6.07) is 10.7. The number of aliphatic hydroxyl groups excluding tert-OH is 1. The number of aliphatic hydroxyl groups is 1. The molecule has 1 heterocycles. The van der Waals surface area contributed by atoms with Gasteiger partial charge < -0.3 is 16.2 Å². The van der Waals surface area contributed by atoms with E-state index in [0.29, 0.717) is 18.5 Å². The molecule has 0 spiro atoms. The molecule has 1 saturated heterocycles. The monoisotopic (exact) mass is 305 g/mol. The highest BCUT2D eigenvalue weighted by atomic mass is 16.2.